The molecule has 0 saturated carbocycles. The van der Waals surface area contributed by atoms with Crippen molar-refractivity contribution in [1.29, 1.82) is 0 Å². The fraction of sp³-hybridized carbons (Fsp3) is 0.235. The molecule has 120 valence electrons. The van der Waals surface area contributed by atoms with Gasteiger partial charge >= 0.3 is 5.97 Å². The van der Waals surface area contributed by atoms with Crippen LogP contribution in [0.1, 0.15) is 27.0 Å². The summed E-state index contributed by atoms with van der Waals surface area (Å²) in [6.45, 7) is 3.98. The molecule has 0 heterocycles. The van der Waals surface area contributed by atoms with Gasteiger partial charge < -0.3 is 9.47 Å². The molecule has 0 fully saturated rings. The predicted molar refractivity (Wildman–Crippen MR) is 84.7 cm³/mol. The van der Waals surface area contributed by atoms with Gasteiger partial charge in [0.1, 0.15) is 17.9 Å². The van der Waals surface area contributed by atoms with Crippen LogP contribution in [0.3, 0.4) is 0 Å². The summed E-state index contributed by atoms with van der Waals surface area (Å²) in [4.78, 5) is 22.5. The summed E-state index contributed by atoms with van der Waals surface area (Å²) in [5.41, 5.74) is 2.81. The van der Waals surface area contributed by atoms with Gasteiger partial charge in [0.05, 0.1) is 12.0 Å². The van der Waals surface area contributed by atoms with E-state index in [1.807, 2.05) is 32.0 Å². The highest BCUT2D eigenvalue weighted by molar-refractivity contribution is 5.93. The van der Waals surface area contributed by atoms with Crippen LogP contribution < -0.4 is 4.74 Å². The summed E-state index contributed by atoms with van der Waals surface area (Å²) in [5.74, 6) is -0.423. The van der Waals surface area contributed by atoms with Crippen molar-refractivity contribution in [3.8, 4) is 5.75 Å². The Morgan fingerprint density at radius 2 is 1.91 bits per heavy atom. The Morgan fingerprint density at radius 3 is 2.57 bits per heavy atom. The third kappa shape index (κ3) is 3.85. The van der Waals surface area contributed by atoms with Crippen LogP contribution in [0.2, 0.25) is 0 Å². The van der Waals surface area contributed by atoms with Crippen LogP contribution in [0.5, 0.6) is 5.75 Å². The predicted octanol–water partition coefficient (Wildman–Crippen LogP) is 3.58. The van der Waals surface area contributed by atoms with Crippen LogP contribution in [0.25, 0.3) is 0 Å². The Balaban J connectivity index is 2.21. The van der Waals surface area contributed by atoms with Gasteiger partial charge in [-0.15, -0.1) is 0 Å². The van der Waals surface area contributed by atoms with Gasteiger partial charge in [-0.05, 0) is 31.0 Å². The van der Waals surface area contributed by atoms with E-state index in [9.17, 15) is 14.9 Å². The quantitative estimate of drug-likeness (QED) is 0.479. The summed E-state index contributed by atoms with van der Waals surface area (Å²) in [5, 5.41) is 10.8. The minimum atomic E-state index is -0.661. The number of non-ortho nitro benzene ring substituents is 1. The van der Waals surface area contributed by atoms with Crippen LogP contribution in [-0.2, 0) is 11.3 Å². The zero-order valence-electron chi connectivity index (χ0n) is 13.2. The summed E-state index contributed by atoms with van der Waals surface area (Å²) < 4.78 is 10.4. The van der Waals surface area contributed by atoms with E-state index >= 15 is 0 Å². The monoisotopic (exact) mass is 315 g/mol. The Kier molecular flexibility index (Phi) is 4.95. The summed E-state index contributed by atoms with van der Waals surface area (Å²) in [6.07, 6.45) is 0. The molecule has 0 amide bonds. The molecule has 2 aromatic carbocycles. The molecule has 6 nitrogen and oxygen atoms in total. The maximum absolute atomic E-state index is 12.2. The lowest BCUT2D eigenvalue weighted by molar-refractivity contribution is -0.384. The molecule has 0 unspecified atom stereocenters. The molecule has 2 aromatic rings. The van der Waals surface area contributed by atoms with Crippen molar-refractivity contribution >= 4 is 11.7 Å². The fourth-order valence-corrected chi connectivity index (χ4v) is 2.15. The van der Waals surface area contributed by atoms with Crippen molar-refractivity contribution in [1.82, 2.24) is 0 Å². The second-order valence-electron chi connectivity index (χ2n) is 5.15. The summed E-state index contributed by atoms with van der Waals surface area (Å²) in [6, 6.07) is 9.68. The highest BCUT2D eigenvalue weighted by Gasteiger charge is 2.19. The molecule has 0 spiro atoms. The third-order valence-electron chi connectivity index (χ3n) is 3.48. The standard InChI is InChI=1S/C17H17NO5/c1-11-4-5-12(2)13(8-11)10-23-17(19)15-9-14(18(20)21)6-7-16(15)22-3/h4-9H,10H2,1-3H3. The average molecular weight is 315 g/mol. The van der Waals surface area contributed by atoms with Gasteiger partial charge in [-0.3, -0.25) is 10.1 Å². The van der Waals surface area contributed by atoms with Crippen LogP contribution in [0.15, 0.2) is 36.4 Å². The number of methoxy groups -OCH3 is 1. The molecular formula is C17H17NO5. The molecule has 0 aliphatic heterocycles. The number of nitrogens with zero attached hydrogens (tertiary/aromatic N) is 1. The van der Waals surface area contributed by atoms with Gasteiger partial charge in [0.2, 0.25) is 0 Å². The van der Waals surface area contributed by atoms with Gasteiger partial charge in [0.25, 0.3) is 5.69 Å². The first-order valence-corrected chi connectivity index (χ1v) is 6.98. The Hall–Kier alpha value is -2.89. The lowest BCUT2D eigenvalue weighted by Crippen LogP contribution is -2.08. The number of nitro groups is 1. The molecule has 0 radical (unpaired) electrons. The highest BCUT2D eigenvalue weighted by Crippen LogP contribution is 2.25. The summed E-state index contributed by atoms with van der Waals surface area (Å²) >= 11 is 0. The van der Waals surface area contributed by atoms with Gasteiger partial charge in [-0.25, -0.2) is 4.79 Å². The largest absolute Gasteiger partial charge is 0.496 e. The highest BCUT2D eigenvalue weighted by atomic mass is 16.6. The Bertz CT molecular complexity index is 755. The molecule has 0 bridgehead atoms. The molecule has 0 saturated heterocycles. The average Bonchev–Trinajstić information content (AvgIpc) is 2.54. The molecule has 0 aliphatic rings. The van der Waals surface area contributed by atoms with Crippen molar-refractivity contribution in [3.63, 3.8) is 0 Å². The zero-order chi connectivity index (χ0) is 17.0. The van der Waals surface area contributed by atoms with Crippen LogP contribution in [0, 0.1) is 24.0 Å². The molecule has 6 heteroatoms. The minimum Gasteiger partial charge on any atom is -0.496 e. The zero-order valence-corrected chi connectivity index (χ0v) is 13.2. The molecule has 2 rings (SSSR count). The van der Waals surface area contributed by atoms with Crippen LogP contribution in [-0.4, -0.2) is 18.0 Å². The second kappa shape index (κ2) is 6.91. The lowest BCUT2D eigenvalue weighted by Gasteiger charge is -2.10. The molecule has 0 N–H and O–H groups in total. The number of carbonyl (C=O) groups is 1. The second-order valence-corrected chi connectivity index (χ2v) is 5.15. The van der Waals surface area contributed by atoms with Gasteiger partial charge in [0, 0.05) is 12.1 Å². The van der Waals surface area contributed by atoms with Gasteiger partial charge in [0.15, 0.2) is 0 Å². The molecule has 23 heavy (non-hydrogen) atoms. The van der Waals surface area contributed by atoms with Crippen LogP contribution in [0.4, 0.5) is 5.69 Å². The van der Waals surface area contributed by atoms with E-state index in [1.54, 1.807) is 0 Å². The molecular weight excluding hydrogens is 298 g/mol. The number of carbonyl (C=O) groups excluding carboxylic acids is 1. The molecule has 0 aromatic heterocycles. The molecule has 0 atom stereocenters. The van der Waals surface area contributed by atoms with Crippen LogP contribution >= 0.6 is 0 Å². The van der Waals surface area contributed by atoms with E-state index in [4.69, 9.17) is 9.47 Å². The van der Waals surface area contributed by atoms with Crippen molar-refractivity contribution in [3.05, 3.63) is 68.8 Å². The first kappa shape index (κ1) is 16.5. The first-order chi connectivity index (χ1) is 10.9. The van der Waals surface area contributed by atoms with Crippen molar-refractivity contribution in [2.45, 2.75) is 20.5 Å². The number of aryl methyl sites for hydroxylation is 2. The smallest absolute Gasteiger partial charge is 0.342 e. The number of esters is 1. The van der Waals surface area contributed by atoms with Crippen molar-refractivity contribution in [2.75, 3.05) is 7.11 Å². The van der Waals surface area contributed by atoms with Crippen molar-refractivity contribution < 1.29 is 19.2 Å². The van der Waals surface area contributed by atoms with E-state index in [2.05, 4.69) is 0 Å². The fourth-order valence-electron chi connectivity index (χ4n) is 2.15. The van der Waals surface area contributed by atoms with Gasteiger partial charge in [-0.1, -0.05) is 23.8 Å². The van der Waals surface area contributed by atoms with E-state index < -0.39 is 10.9 Å². The Labute approximate surface area is 133 Å². The van der Waals surface area contributed by atoms with Gasteiger partial charge in [-0.2, -0.15) is 0 Å². The van der Waals surface area contributed by atoms with E-state index in [1.165, 1.54) is 19.2 Å². The van der Waals surface area contributed by atoms with E-state index in [-0.39, 0.29) is 23.6 Å². The Morgan fingerprint density at radius 1 is 1.17 bits per heavy atom. The number of hydrogen-bond donors (Lipinski definition) is 0. The maximum atomic E-state index is 12.2. The van der Waals surface area contributed by atoms with Crippen molar-refractivity contribution in [2.24, 2.45) is 0 Å². The minimum absolute atomic E-state index is 0.0343. The number of ether oxygens (including phenoxy) is 2. The van der Waals surface area contributed by atoms with E-state index in [0.717, 1.165) is 22.8 Å². The number of hydrogen-bond acceptors (Lipinski definition) is 5. The normalized spacial score (nSPS) is 10.2. The number of nitro benzene ring substituents is 1. The third-order valence-corrected chi connectivity index (χ3v) is 3.48. The lowest BCUT2D eigenvalue weighted by atomic mass is 10.1. The summed E-state index contributed by atoms with van der Waals surface area (Å²) in [7, 11) is 1.39. The molecule has 0 aliphatic carbocycles. The topological polar surface area (TPSA) is 78.7 Å². The SMILES string of the molecule is COc1ccc([N+](=O)[O-])cc1C(=O)OCc1cc(C)ccc1C. The number of rotatable bonds is 5. The maximum Gasteiger partial charge on any atom is 0.342 e. The van der Waals surface area contributed by atoms with E-state index in [0.29, 0.717) is 0 Å². The number of benzene rings is 2. The first-order valence-electron chi connectivity index (χ1n) is 6.98.